The number of nitrogens with one attached hydrogen (secondary N) is 2. The second-order valence-corrected chi connectivity index (χ2v) is 11.2. The molecule has 4 aromatic rings. The lowest BCUT2D eigenvalue weighted by Gasteiger charge is -2.26. The summed E-state index contributed by atoms with van der Waals surface area (Å²) in [5, 5.41) is 5.62. The molecule has 2 amide bonds. The average Bonchev–Trinajstić information content (AvgIpc) is 2.97. The number of sulfonamides is 1. The molecule has 0 heterocycles. The topological polar surface area (TPSA) is 105 Å². The van der Waals surface area contributed by atoms with Crippen molar-refractivity contribution in [2.24, 2.45) is 0 Å². The van der Waals surface area contributed by atoms with E-state index in [0.717, 1.165) is 15.4 Å². The van der Waals surface area contributed by atoms with Crippen molar-refractivity contribution >= 4 is 33.2 Å². The van der Waals surface area contributed by atoms with E-state index in [-0.39, 0.29) is 27.7 Å². The Hall–Kier alpha value is -4.63. The minimum absolute atomic E-state index is 0.0420. The summed E-state index contributed by atoms with van der Waals surface area (Å²) in [6.45, 7) is 3.85. The van der Waals surface area contributed by atoms with E-state index in [1.807, 2.05) is 37.3 Å². The summed E-state index contributed by atoms with van der Waals surface area (Å²) in [5.41, 5.74) is 2.78. The first-order chi connectivity index (χ1) is 19.8. The van der Waals surface area contributed by atoms with E-state index < -0.39 is 22.5 Å². The monoisotopic (exact) mass is 571 g/mol. The maximum Gasteiger partial charge on any atom is 0.264 e. The SMILES string of the molecule is CCOc1ccccc1N(CC(=O)Nc1ccccc1C(=O)NCCc1ccccc1)S(=O)(=O)c1ccc(C)cc1. The Morgan fingerprint density at radius 1 is 0.829 bits per heavy atom. The molecule has 0 aliphatic rings. The Morgan fingerprint density at radius 2 is 1.49 bits per heavy atom. The maximum atomic E-state index is 13.8. The maximum absolute atomic E-state index is 13.8. The van der Waals surface area contributed by atoms with Crippen molar-refractivity contribution in [1.82, 2.24) is 5.32 Å². The lowest BCUT2D eigenvalue weighted by atomic mass is 10.1. The molecule has 0 unspecified atom stereocenters. The van der Waals surface area contributed by atoms with Gasteiger partial charge in [0.05, 0.1) is 28.4 Å². The van der Waals surface area contributed by atoms with Crippen LogP contribution in [0.3, 0.4) is 0 Å². The van der Waals surface area contributed by atoms with Crippen LogP contribution in [0.25, 0.3) is 0 Å². The standard InChI is InChI=1S/C32H33N3O5S/c1-3-40-30-16-10-9-15-29(30)35(41(38,39)26-19-17-24(2)18-20-26)23-31(36)34-28-14-8-7-13-27(28)32(37)33-22-21-25-11-5-4-6-12-25/h4-20H,3,21-23H2,1-2H3,(H,33,37)(H,34,36). The van der Waals surface area contributed by atoms with Crippen LogP contribution in [0.5, 0.6) is 5.75 Å². The van der Waals surface area contributed by atoms with Gasteiger partial charge in [-0.3, -0.25) is 13.9 Å². The van der Waals surface area contributed by atoms with Crippen LogP contribution in [0.2, 0.25) is 0 Å². The lowest BCUT2D eigenvalue weighted by molar-refractivity contribution is -0.114. The van der Waals surface area contributed by atoms with Gasteiger partial charge in [0.25, 0.3) is 15.9 Å². The fourth-order valence-corrected chi connectivity index (χ4v) is 5.68. The number of nitrogens with zero attached hydrogens (tertiary/aromatic N) is 1. The first-order valence-corrected chi connectivity index (χ1v) is 14.8. The number of aryl methyl sites for hydroxylation is 1. The first kappa shape index (κ1) is 29.4. The number of carbonyl (C=O) groups is 2. The lowest BCUT2D eigenvalue weighted by Crippen LogP contribution is -2.38. The quantitative estimate of drug-likeness (QED) is 0.243. The predicted octanol–water partition coefficient (Wildman–Crippen LogP) is 5.20. The summed E-state index contributed by atoms with van der Waals surface area (Å²) < 4.78 is 34.4. The highest BCUT2D eigenvalue weighted by Crippen LogP contribution is 2.32. The van der Waals surface area contributed by atoms with Crippen LogP contribution in [0.4, 0.5) is 11.4 Å². The van der Waals surface area contributed by atoms with Crippen molar-refractivity contribution in [2.45, 2.75) is 25.2 Å². The minimum Gasteiger partial charge on any atom is -0.492 e. The molecule has 0 aliphatic heterocycles. The van der Waals surface area contributed by atoms with Crippen molar-refractivity contribution in [3.05, 3.63) is 120 Å². The Labute approximate surface area is 241 Å². The predicted molar refractivity (Wildman–Crippen MR) is 161 cm³/mol. The van der Waals surface area contributed by atoms with Crippen LogP contribution in [-0.4, -0.2) is 39.9 Å². The highest BCUT2D eigenvalue weighted by molar-refractivity contribution is 7.92. The molecule has 0 bridgehead atoms. The summed E-state index contributed by atoms with van der Waals surface area (Å²) in [5.74, 6) is -0.629. The molecular weight excluding hydrogens is 538 g/mol. The van der Waals surface area contributed by atoms with Crippen molar-refractivity contribution in [1.29, 1.82) is 0 Å². The molecule has 0 aliphatic carbocycles. The zero-order valence-corrected chi connectivity index (χ0v) is 23.9. The van der Waals surface area contributed by atoms with Gasteiger partial charge >= 0.3 is 0 Å². The zero-order valence-electron chi connectivity index (χ0n) is 23.0. The van der Waals surface area contributed by atoms with Crippen LogP contribution in [0.1, 0.15) is 28.4 Å². The van der Waals surface area contributed by atoms with Gasteiger partial charge in [0, 0.05) is 6.54 Å². The van der Waals surface area contributed by atoms with Crippen LogP contribution in [-0.2, 0) is 21.2 Å². The average molecular weight is 572 g/mol. The molecule has 0 saturated carbocycles. The summed E-state index contributed by atoms with van der Waals surface area (Å²) in [7, 11) is -4.15. The van der Waals surface area contributed by atoms with Gasteiger partial charge in [-0.05, 0) is 62.2 Å². The number of hydrogen-bond acceptors (Lipinski definition) is 5. The second-order valence-electron chi connectivity index (χ2n) is 9.31. The molecule has 9 heteroatoms. The highest BCUT2D eigenvalue weighted by atomic mass is 32.2. The van der Waals surface area contributed by atoms with E-state index in [4.69, 9.17) is 4.74 Å². The van der Waals surface area contributed by atoms with Gasteiger partial charge in [-0.25, -0.2) is 8.42 Å². The van der Waals surface area contributed by atoms with E-state index in [1.165, 1.54) is 12.1 Å². The van der Waals surface area contributed by atoms with Gasteiger partial charge in [0.15, 0.2) is 0 Å². The normalized spacial score (nSPS) is 11.0. The van der Waals surface area contributed by atoms with Crippen LogP contribution in [0, 0.1) is 6.92 Å². The third-order valence-corrected chi connectivity index (χ3v) is 8.09. The zero-order chi connectivity index (χ0) is 29.2. The summed E-state index contributed by atoms with van der Waals surface area (Å²) in [6, 6.07) is 29.5. The Kier molecular flexibility index (Phi) is 9.76. The second kappa shape index (κ2) is 13.6. The molecule has 0 saturated heterocycles. The van der Waals surface area contributed by atoms with Gasteiger partial charge in [0.2, 0.25) is 5.91 Å². The third kappa shape index (κ3) is 7.52. The Bertz CT molecular complexity index is 1590. The smallest absolute Gasteiger partial charge is 0.264 e. The van der Waals surface area contributed by atoms with Gasteiger partial charge in [-0.1, -0.05) is 72.3 Å². The number of rotatable bonds is 12. The summed E-state index contributed by atoms with van der Waals surface area (Å²) in [6.07, 6.45) is 0.659. The van der Waals surface area contributed by atoms with E-state index in [9.17, 15) is 18.0 Å². The third-order valence-electron chi connectivity index (χ3n) is 6.32. The van der Waals surface area contributed by atoms with E-state index in [0.29, 0.717) is 25.3 Å². The minimum atomic E-state index is -4.15. The molecule has 4 aromatic carbocycles. The van der Waals surface area contributed by atoms with Crippen LogP contribution >= 0.6 is 0 Å². The molecule has 212 valence electrons. The van der Waals surface area contributed by atoms with Gasteiger partial charge in [0.1, 0.15) is 12.3 Å². The first-order valence-electron chi connectivity index (χ1n) is 13.3. The summed E-state index contributed by atoms with van der Waals surface area (Å²) >= 11 is 0. The highest BCUT2D eigenvalue weighted by Gasteiger charge is 2.30. The fraction of sp³-hybridized carbons (Fsp3) is 0.188. The molecule has 2 N–H and O–H groups in total. The Morgan fingerprint density at radius 3 is 2.22 bits per heavy atom. The number of anilines is 2. The molecular formula is C32H33N3O5S. The van der Waals surface area contributed by atoms with Crippen molar-refractivity contribution in [3.8, 4) is 5.75 Å². The van der Waals surface area contributed by atoms with Gasteiger partial charge in [-0.15, -0.1) is 0 Å². The van der Waals surface area contributed by atoms with Gasteiger partial charge in [-0.2, -0.15) is 0 Å². The molecule has 4 rings (SSSR count). The van der Waals surface area contributed by atoms with Crippen LogP contribution < -0.4 is 19.7 Å². The Balaban J connectivity index is 1.56. The number of para-hydroxylation sites is 3. The number of hydrogen-bond donors (Lipinski definition) is 2. The van der Waals surface area contributed by atoms with E-state index in [1.54, 1.807) is 67.6 Å². The summed E-state index contributed by atoms with van der Waals surface area (Å²) in [4.78, 5) is 26.4. The number of ether oxygens (including phenoxy) is 1. The molecule has 0 radical (unpaired) electrons. The molecule has 0 aromatic heterocycles. The largest absolute Gasteiger partial charge is 0.492 e. The van der Waals surface area contributed by atoms with E-state index >= 15 is 0 Å². The van der Waals surface area contributed by atoms with Gasteiger partial charge < -0.3 is 15.4 Å². The van der Waals surface area contributed by atoms with Crippen molar-refractivity contribution in [3.63, 3.8) is 0 Å². The number of benzene rings is 4. The molecule has 0 spiro atoms. The molecule has 8 nitrogen and oxygen atoms in total. The van der Waals surface area contributed by atoms with Crippen LogP contribution in [0.15, 0.2) is 108 Å². The van der Waals surface area contributed by atoms with E-state index in [2.05, 4.69) is 10.6 Å². The molecule has 0 fully saturated rings. The van der Waals surface area contributed by atoms with Crippen molar-refractivity contribution in [2.75, 3.05) is 29.3 Å². The fourth-order valence-electron chi connectivity index (χ4n) is 4.25. The number of carbonyl (C=O) groups excluding carboxylic acids is 2. The molecule has 41 heavy (non-hydrogen) atoms. The van der Waals surface area contributed by atoms with Crippen molar-refractivity contribution < 1.29 is 22.7 Å². The number of amides is 2. The molecule has 0 atom stereocenters.